The normalized spacial score (nSPS) is 11.1. The summed E-state index contributed by atoms with van der Waals surface area (Å²) in [5, 5.41) is 7.32. The van der Waals surface area contributed by atoms with E-state index in [9.17, 15) is 4.57 Å². The summed E-state index contributed by atoms with van der Waals surface area (Å²) in [7, 11) is -0.927. The van der Waals surface area contributed by atoms with Crippen molar-refractivity contribution in [3.8, 4) is 5.75 Å². The molecule has 1 aromatic heterocycles. The number of ether oxygens (including phenoxy) is 1. The third-order valence-corrected chi connectivity index (χ3v) is 5.78. The van der Waals surface area contributed by atoms with Gasteiger partial charge in [0.2, 0.25) is 5.95 Å². The van der Waals surface area contributed by atoms with Crippen LogP contribution in [0, 0.1) is 0 Å². The van der Waals surface area contributed by atoms with Crippen molar-refractivity contribution in [2.24, 2.45) is 0 Å². The number of aromatic nitrogens is 2. The monoisotopic (exact) mass is 417 g/mol. The van der Waals surface area contributed by atoms with E-state index >= 15 is 0 Å². The first-order chi connectivity index (χ1) is 13.3. The van der Waals surface area contributed by atoms with Crippen molar-refractivity contribution in [2.45, 2.75) is 0 Å². The number of nitrogens with zero attached hydrogens (tertiary/aromatic N) is 2. The Morgan fingerprint density at radius 1 is 1.11 bits per heavy atom. The standard InChI is InChI=1S/C19H21ClN5O2P/c1-27-16-10-12(21)8-9-14(16)24-19-22-11-13(20)18(25-19)23-15-6-4-5-7-17(15)28(2,3)26/h4-11H,21H2,1-3H3,(H2,22,23,24,25). The zero-order valence-corrected chi connectivity index (χ0v) is 17.4. The SMILES string of the molecule is COc1cc(N)ccc1Nc1ncc(Cl)c(Nc2ccccc2P(C)(C)=O)n1. The molecule has 0 aliphatic rings. The van der Waals surface area contributed by atoms with Crippen molar-refractivity contribution in [3.05, 3.63) is 53.7 Å². The summed E-state index contributed by atoms with van der Waals surface area (Å²) in [5.41, 5.74) is 7.72. The molecule has 0 bridgehead atoms. The molecule has 0 saturated heterocycles. The first-order valence-corrected chi connectivity index (χ1v) is 11.4. The van der Waals surface area contributed by atoms with Crippen molar-refractivity contribution in [1.29, 1.82) is 0 Å². The highest BCUT2D eigenvalue weighted by molar-refractivity contribution is 7.70. The lowest BCUT2D eigenvalue weighted by Gasteiger charge is -2.16. The zero-order chi connectivity index (χ0) is 20.3. The van der Waals surface area contributed by atoms with Crippen LogP contribution in [0.2, 0.25) is 5.02 Å². The van der Waals surface area contributed by atoms with Gasteiger partial charge in [-0.1, -0.05) is 23.7 Å². The fraction of sp³-hybridized carbons (Fsp3) is 0.158. The van der Waals surface area contributed by atoms with E-state index in [1.807, 2.05) is 24.3 Å². The first-order valence-electron chi connectivity index (χ1n) is 8.42. The summed E-state index contributed by atoms with van der Waals surface area (Å²) < 4.78 is 17.9. The van der Waals surface area contributed by atoms with Gasteiger partial charge in [-0.05, 0) is 37.6 Å². The number of nitrogens with two attached hydrogens (primary N) is 1. The predicted molar refractivity (Wildman–Crippen MR) is 117 cm³/mol. The number of methoxy groups -OCH3 is 1. The Morgan fingerprint density at radius 2 is 1.86 bits per heavy atom. The summed E-state index contributed by atoms with van der Waals surface area (Å²) in [6.07, 6.45) is 1.49. The lowest BCUT2D eigenvalue weighted by molar-refractivity contribution is 0.417. The van der Waals surface area contributed by atoms with Gasteiger partial charge in [-0.2, -0.15) is 4.98 Å². The maximum absolute atomic E-state index is 12.6. The van der Waals surface area contributed by atoms with Crippen molar-refractivity contribution < 1.29 is 9.30 Å². The number of hydrogen-bond acceptors (Lipinski definition) is 7. The highest BCUT2D eigenvalue weighted by atomic mass is 35.5. The predicted octanol–water partition coefficient (Wildman–Crippen LogP) is 4.46. The van der Waals surface area contributed by atoms with E-state index < -0.39 is 7.14 Å². The number of anilines is 5. The number of benzene rings is 2. The number of para-hydroxylation sites is 1. The van der Waals surface area contributed by atoms with E-state index in [0.29, 0.717) is 39.6 Å². The van der Waals surface area contributed by atoms with Crippen molar-refractivity contribution in [1.82, 2.24) is 9.97 Å². The molecule has 1 heterocycles. The Kier molecular flexibility index (Phi) is 5.77. The Bertz CT molecular complexity index is 1050. The first kappa shape index (κ1) is 20.0. The Morgan fingerprint density at radius 3 is 2.57 bits per heavy atom. The molecule has 146 valence electrons. The van der Waals surface area contributed by atoms with Crippen LogP contribution in [0.25, 0.3) is 0 Å². The average Bonchev–Trinajstić information content (AvgIpc) is 2.65. The second-order valence-corrected chi connectivity index (χ2v) is 10.1. The van der Waals surface area contributed by atoms with Gasteiger partial charge in [0.25, 0.3) is 0 Å². The quantitative estimate of drug-likeness (QED) is 0.402. The van der Waals surface area contributed by atoms with Crippen molar-refractivity contribution >= 4 is 52.9 Å². The largest absolute Gasteiger partial charge is 0.494 e. The van der Waals surface area contributed by atoms with Gasteiger partial charge in [-0.15, -0.1) is 0 Å². The number of nitrogen functional groups attached to an aromatic ring is 1. The van der Waals surface area contributed by atoms with Crippen molar-refractivity contribution in [2.75, 3.05) is 36.8 Å². The molecular weight excluding hydrogens is 397 g/mol. The molecule has 7 nitrogen and oxygen atoms in total. The number of nitrogens with one attached hydrogen (secondary N) is 2. The molecule has 0 saturated carbocycles. The van der Waals surface area contributed by atoms with Crippen LogP contribution in [-0.2, 0) is 4.57 Å². The van der Waals surface area contributed by atoms with Gasteiger partial charge in [0.1, 0.15) is 17.9 Å². The molecule has 0 spiro atoms. The molecule has 4 N–H and O–H groups in total. The Hall–Kier alpha value is -2.76. The lowest BCUT2D eigenvalue weighted by atomic mass is 10.2. The van der Waals surface area contributed by atoms with Gasteiger partial charge < -0.3 is 25.7 Å². The number of hydrogen-bond donors (Lipinski definition) is 3. The Balaban J connectivity index is 1.93. The van der Waals surface area contributed by atoms with E-state index in [1.54, 1.807) is 38.6 Å². The molecule has 3 aromatic rings. The summed E-state index contributed by atoms with van der Waals surface area (Å²) >= 11 is 6.27. The van der Waals surface area contributed by atoms with Gasteiger partial charge in [0.15, 0.2) is 5.82 Å². The van der Waals surface area contributed by atoms with E-state index in [0.717, 1.165) is 5.30 Å². The molecule has 9 heteroatoms. The molecule has 0 atom stereocenters. The van der Waals surface area contributed by atoms with Gasteiger partial charge in [-0.3, -0.25) is 0 Å². The van der Waals surface area contributed by atoms with Crippen LogP contribution >= 0.6 is 18.7 Å². The molecule has 0 aliphatic heterocycles. The summed E-state index contributed by atoms with van der Waals surface area (Å²) in [4.78, 5) is 8.65. The molecule has 0 amide bonds. The fourth-order valence-corrected chi connectivity index (χ4v) is 3.92. The zero-order valence-electron chi connectivity index (χ0n) is 15.7. The highest BCUT2D eigenvalue weighted by Gasteiger charge is 2.17. The van der Waals surface area contributed by atoms with Gasteiger partial charge in [-0.25, -0.2) is 4.98 Å². The molecule has 0 aliphatic carbocycles. The molecule has 0 fully saturated rings. The molecule has 3 rings (SSSR count). The molecular formula is C19H21ClN5O2P. The van der Waals surface area contributed by atoms with Gasteiger partial charge in [0, 0.05) is 17.1 Å². The van der Waals surface area contributed by atoms with Crippen LogP contribution in [-0.4, -0.2) is 30.4 Å². The van der Waals surface area contributed by atoms with Crippen LogP contribution < -0.4 is 26.4 Å². The van der Waals surface area contributed by atoms with E-state index in [-0.39, 0.29) is 0 Å². The molecule has 28 heavy (non-hydrogen) atoms. The van der Waals surface area contributed by atoms with Crippen molar-refractivity contribution in [3.63, 3.8) is 0 Å². The van der Waals surface area contributed by atoms with Gasteiger partial charge in [0.05, 0.1) is 24.7 Å². The van der Waals surface area contributed by atoms with E-state index in [1.165, 1.54) is 6.20 Å². The topological polar surface area (TPSA) is 102 Å². The second kappa shape index (κ2) is 8.09. The summed E-state index contributed by atoms with van der Waals surface area (Å²) in [6, 6.07) is 12.6. The van der Waals surface area contributed by atoms with Crippen LogP contribution in [0.3, 0.4) is 0 Å². The molecule has 0 unspecified atom stereocenters. The molecule has 2 aromatic carbocycles. The van der Waals surface area contributed by atoms with Gasteiger partial charge >= 0.3 is 0 Å². The van der Waals surface area contributed by atoms with Crippen LogP contribution in [0.1, 0.15) is 0 Å². The van der Waals surface area contributed by atoms with Crippen LogP contribution in [0.15, 0.2) is 48.7 Å². The van der Waals surface area contributed by atoms with Crippen LogP contribution in [0.4, 0.5) is 28.8 Å². The lowest BCUT2D eigenvalue weighted by Crippen LogP contribution is -2.11. The number of rotatable bonds is 6. The second-order valence-electron chi connectivity index (χ2n) is 6.47. The Labute approximate surface area is 168 Å². The minimum Gasteiger partial charge on any atom is -0.494 e. The van der Waals surface area contributed by atoms with E-state index in [2.05, 4.69) is 20.6 Å². The fourth-order valence-electron chi connectivity index (χ4n) is 2.62. The smallest absolute Gasteiger partial charge is 0.229 e. The third-order valence-electron chi connectivity index (χ3n) is 3.95. The van der Waals surface area contributed by atoms with E-state index in [4.69, 9.17) is 22.1 Å². The van der Waals surface area contributed by atoms with Crippen LogP contribution in [0.5, 0.6) is 5.75 Å². The summed E-state index contributed by atoms with van der Waals surface area (Å²) in [6.45, 7) is 3.44. The highest BCUT2D eigenvalue weighted by Crippen LogP contribution is 2.38. The number of halogens is 1. The summed E-state index contributed by atoms with van der Waals surface area (Å²) in [5.74, 6) is 1.29. The minimum absolute atomic E-state index is 0.323. The minimum atomic E-state index is -2.48. The molecule has 0 radical (unpaired) electrons. The average molecular weight is 418 g/mol. The maximum atomic E-state index is 12.6. The third kappa shape index (κ3) is 4.55. The maximum Gasteiger partial charge on any atom is 0.229 e.